The standard InChI is InChI=1S/C24H22F2N4O/c1-3-20(16-7-5-4-6-8-16)29-24(31)17-9-10-23-21(11-17)28-15(2)30(23)14-22-19(26)12-18(25)13-27-22/h4-13,20H,3,14H2,1-2H3,(H,29,31)/t20-/m1/s1. The highest BCUT2D eigenvalue weighted by molar-refractivity contribution is 5.97. The van der Waals surface area contributed by atoms with E-state index in [0.29, 0.717) is 16.9 Å². The quantitative estimate of drug-likeness (QED) is 0.480. The molecule has 1 atom stereocenters. The zero-order valence-corrected chi connectivity index (χ0v) is 17.3. The molecule has 0 unspecified atom stereocenters. The number of rotatable bonds is 6. The van der Waals surface area contributed by atoms with Crippen LogP contribution >= 0.6 is 0 Å². The molecule has 5 nitrogen and oxygen atoms in total. The van der Waals surface area contributed by atoms with Crippen LogP contribution in [0.25, 0.3) is 11.0 Å². The van der Waals surface area contributed by atoms with Crippen LogP contribution < -0.4 is 5.32 Å². The zero-order valence-electron chi connectivity index (χ0n) is 17.3. The fourth-order valence-corrected chi connectivity index (χ4v) is 3.65. The number of hydrogen-bond acceptors (Lipinski definition) is 3. The van der Waals surface area contributed by atoms with Gasteiger partial charge < -0.3 is 9.88 Å². The Morgan fingerprint density at radius 3 is 2.61 bits per heavy atom. The van der Waals surface area contributed by atoms with Gasteiger partial charge in [-0.3, -0.25) is 9.78 Å². The van der Waals surface area contributed by atoms with Crippen molar-refractivity contribution in [2.24, 2.45) is 0 Å². The van der Waals surface area contributed by atoms with Gasteiger partial charge in [-0.05, 0) is 37.1 Å². The summed E-state index contributed by atoms with van der Waals surface area (Å²) in [5.74, 6) is -0.960. The van der Waals surface area contributed by atoms with Gasteiger partial charge in [0.05, 0.1) is 35.5 Å². The van der Waals surface area contributed by atoms with Crippen LogP contribution in [0, 0.1) is 18.6 Å². The van der Waals surface area contributed by atoms with E-state index < -0.39 is 11.6 Å². The van der Waals surface area contributed by atoms with Crippen molar-refractivity contribution in [3.8, 4) is 0 Å². The van der Waals surface area contributed by atoms with E-state index in [-0.39, 0.29) is 24.2 Å². The number of nitrogens with zero attached hydrogens (tertiary/aromatic N) is 3. The van der Waals surface area contributed by atoms with Crippen LogP contribution in [-0.4, -0.2) is 20.4 Å². The number of carbonyl (C=O) groups excluding carboxylic acids is 1. The molecule has 2 aromatic heterocycles. The number of fused-ring (bicyclic) bond motifs is 1. The molecule has 0 bridgehead atoms. The van der Waals surface area contributed by atoms with E-state index >= 15 is 0 Å². The first-order valence-electron chi connectivity index (χ1n) is 10.1. The van der Waals surface area contributed by atoms with Crippen LogP contribution in [0.3, 0.4) is 0 Å². The predicted molar refractivity (Wildman–Crippen MR) is 115 cm³/mol. The third kappa shape index (κ3) is 4.30. The third-order valence-electron chi connectivity index (χ3n) is 5.31. The highest BCUT2D eigenvalue weighted by Crippen LogP contribution is 2.21. The summed E-state index contributed by atoms with van der Waals surface area (Å²) in [4.78, 5) is 21.2. The van der Waals surface area contributed by atoms with Gasteiger partial charge in [-0.2, -0.15) is 0 Å². The van der Waals surface area contributed by atoms with Gasteiger partial charge in [0.15, 0.2) is 0 Å². The average Bonchev–Trinajstić information content (AvgIpc) is 3.08. The summed E-state index contributed by atoms with van der Waals surface area (Å²) in [6, 6.07) is 15.8. The molecule has 0 spiro atoms. The molecule has 1 amide bonds. The lowest BCUT2D eigenvalue weighted by Gasteiger charge is -2.17. The lowest BCUT2D eigenvalue weighted by molar-refractivity contribution is 0.0935. The summed E-state index contributed by atoms with van der Waals surface area (Å²) in [7, 11) is 0. The summed E-state index contributed by atoms with van der Waals surface area (Å²) < 4.78 is 29.0. The molecule has 0 aliphatic heterocycles. The Hall–Kier alpha value is -3.61. The molecule has 31 heavy (non-hydrogen) atoms. The topological polar surface area (TPSA) is 59.8 Å². The number of benzene rings is 2. The molecule has 4 aromatic rings. The third-order valence-corrected chi connectivity index (χ3v) is 5.31. The largest absolute Gasteiger partial charge is 0.345 e. The van der Waals surface area contributed by atoms with Crippen LogP contribution in [0.15, 0.2) is 60.8 Å². The van der Waals surface area contributed by atoms with Gasteiger partial charge in [0.1, 0.15) is 17.5 Å². The van der Waals surface area contributed by atoms with Crippen LogP contribution in [0.1, 0.15) is 46.8 Å². The van der Waals surface area contributed by atoms with Crippen molar-refractivity contribution in [3.05, 3.63) is 95.1 Å². The first-order chi connectivity index (χ1) is 15.0. The number of imidazole rings is 1. The molecular formula is C24H22F2N4O. The van der Waals surface area contributed by atoms with Gasteiger partial charge >= 0.3 is 0 Å². The Kier molecular flexibility index (Phi) is 5.75. The molecule has 158 valence electrons. The van der Waals surface area contributed by atoms with Gasteiger partial charge in [-0.25, -0.2) is 13.8 Å². The van der Waals surface area contributed by atoms with E-state index in [2.05, 4.69) is 15.3 Å². The molecule has 0 radical (unpaired) electrons. The number of hydrogen-bond donors (Lipinski definition) is 1. The number of nitrogens with one attached hydrogen (secondary N) is 1. The van der Waals surface area contributed by atoms with Crippen LogP contribution in [0.4, 0.5) is 8.78 Å². The van der Waals surface area contributed by atoms with E-state index in [4.69, 9.17) is 0 Å². The van der Waals surface area contributed by atoms with E-state index in [1.165, 1.54) is 0 Å². The Labute approximate surface area is 178 Å². The number of amides is 1. The molecule has 0 saturated carbocycles. The Balaban J connectivity index is 1.59. The van der Waals surface area contributed by atoms with E-state index in [9.17, 15) is 13.6 Å². The lowest BCUT2D eigenvalue weighted by atomic mass is 10.0. The summed E-state index contributed by atoms with van der Waals surface area (Å²) in [6.07, 6.45) is 1.76. The normalized spacial score (nSPS) is 12.1. The molecular weight excluding hydrogens is 398 g/mol. The minimum atomic E-state index is -0.718. The summed E-state index contributed by atoms with van der Waals surface area (Å²) in [6.45, 7) is 3.93. The fraction of sp³-hybridized carbons (Fsp3) is 0.208. The van der Waals surface area contributed by atoms with Gasteiger partial charge in [0.2, 0.25) is 0 Å². The van der Waals surface area contributed by atoms with Crippen molar-refractivity contribution < 1.29 is 13.6 Å². The zero-order chi connectivity index (χ0) is 22.0. The Morgan fingerprint density at radius 1 is 1.13 bits per heavy atom. The molecule has 2 aromatic carbocycles. The minimum Gasteiger partial charge on any atom is -0.345 e. The molecule has 4 rings (SSSR count). The summed E-state index contributed by atoms with van der Waals surface area (Å²) in [5.41, 5.74) is 3.04. The molecule has 0 saturated heterocycles. The van der Waals surface area contributed by atoms with Crippen molar-refractivity contribution in [2.45, 2.75) is 32.9 Å². The number of pyridine rings is 1. The Bertz CT molecular complexity index is 1240. The van der Waals surface area contributed by atoms with Gasteiger partial charge in [-0.15, -0.1) is 0 Å². The van der Waals surface area contributed by atoms with Crippen molar-refractivity contribution >= 4 is 16.9 Å². The molecule has 7 heteroatoms. The monoisotopic (exact) mass is 420 g/mol. The minimum absolute atomic E-state index is 0.0868. The van der Waals surface area contributed by atoms with E-state index in [1.54, 1.807) is 29.7 Å². The molecule has 0 fully saturated rings. The molecule has 1 N–H and O–H groups in total. The fourth-order valence-electron chi connectivity index (χ4n) is 3.65. The van der Waals surface area contributed by atoms with Crippen molar-refractivity contribution in [1.82, 2.24) is 19.9 Å². The maximum absolute atomic E-state index is 14.0. The average molecular weight is 420 g/mol. The molecule has 2 heterocycles. The van der Waals surface area contributed by atoms with Gasteiger partial charge in [-0.1, -0.05) is 37.3 Å². The van der Waals surface area contributed by atoms with Gasteiger partial charge in [0, 0.05) is 11.6 Å². The van der Waals surface area contributed by atoms with Crippen molar-refractivity contribution in [3.63, 3.8) is 0 Å². The van der Waals surface area contributed by atoms with Crippen LogP contribution in [0.2, 0.25) is 0 Å². The lowest BCUT2D eigenvalue weighted by Crippen LogP contribution is -2.28. The number of carbonyl (C=O) groups is 1. The SMILES string of the molecule is CC[C@@H](NC(=O)c1ccc2c(c1)nc(C)n2Cc1ncc(F)cc1F)c1ccccc1. The van der Waals surface area contributed by atoms with E-state index in [0.717, 1.165) is 29.8 Å². The second kappa shape index (κ2) is 8.63. The van der Waals surface area contributed by atoms with Crippen LogP contribution in [-0.2, 0) is 6.54 Å². The summed E-state index contributed by atoms with van der Waals surface area (Å²) >= 11 is 0. The van der Waals surface area contributed by atoms with Gasteiger partial charge in [0.25, 0.3) is 5.91 Å². The first kappa shape index (κ1) is 20.7. The highest BCUT2D eigenvalue weighted by atomic mass is 19.1. The first-order valence-corrected chi connectivity index (χ1v) is 10.1. The van der Waals surface area contributed by atoms with E-state index in [1.807, 2.05) is 37.3 Å². The maximum Gasteiger partial charge on any atom is 0.251 e. The highest BCUT2D eigenvalue weighted by Gasteiger charge is 2.17. The second-order valence-electron chi connectivity index (χ2n) is 7.38. The van der Waals surface area contributed by atoms with Crippen LogP contribution in [0.5, 0.6) is 0 Å². The second-order valence-corrected chi connectivity index (χ2v) is 7.38. The van der Waals surface area contributed by atoms with Crippen molar-refractivity contribution in [2.75, 3.05) is 0 Å². The number of halogens is 2. The molecule has 0 aliphatic rings. The Morgan fingerprint density at radius 2 is 1.90 bits per heavy atom. The predicted octanol–water partition coefficient (Wildman–Crippen LogP) is 4.95. The summed E-state index contributed by atoms with van der Waals surface area (Å²) in [5, 5.41) is 3.07. The molecule has 0 aliphatic carbocycles. The smallest absolute Gasteiger partial charge is 0.251 e. The number of aromatic nitrogens is 3. The maximum atomic E-state index is 14.0. The van der Waals surface area contributed by atoms with Crippen molar-refractivity contribution in [1.29, 1.82) is 0 Å². The number of aryl methyl sites for hydroxylation is 1.